The van der Waals surface area contributed by atoms with E-state index in [9.17, 15) is 23.2 Å². The van der Waals surface area contributed by atoms with Crippen LogP contribution in [-0.2, 0) is 23.4 Å². The zero-order valence-electron chi connectivity index (χ0n) is 23.0. The lowest BCUT2D eigenvalue weighted by atomic mass is 9.96. The van der Waals surface area contributed by atoms with Crippen LogP contribution in [-0.4, -0.2) is 80.7 Å². The predicted octanol–water partition coefficient (Wildman–Crippen LogP) is 2.82. The van der Waals surface area contributed by atoms with Crippen molar-refractivity contribution in [2.24, 2.45) is 0 Å². The number of imidazole rings is 1. The van der Waals surface area contributed by atoms with E-state index in [4.69, 9.17) is 24.3 Å². The van der Waals surface area contributed by atoms with E-state index in [-0.39, 0.29) is 28.7 Å². The van der Waals surface area contributed by atoms with E-state index >= 15 is 4.39 Å². The van der Waals surface area contributed by atoms with Crippen molar-refractivity contribution in [2.45, 2.75) is 63.4 Å². The number of nitrogens with two attached hydrogens (primary N) is 1. The summed E-state index contributed by atoms with van der Waals surface area (Å²) in [4.78, 5) is 24.3. The Labute approximate surface area is 238 Å². The van der Waals surface area contributed by atoms with Crippen molar-refractivity contribution in [3.05, 3.63) is 36.7 Å². The van der Waals surface area contributed by atoms with Gasteiger partial charge in [-0.05, 0) is 32.9 Å². The van der Waals surface area contributed by atoms with Gasteiger partial charge in [-0.15, -0.1) is 0 Å². The number of ether oxygens (including phenoxy) is 2. The summed E-state index contributed by atoms with van der Waals surface area (Å²) in [5, 5.41) is 15.9. The molecule has 0 bridgehead atoms. The van der Waals surface area contributed by atoms with Gasteiger partial charge in [0.2, 0.25) is 11.6 Å². The molecule has 6 atom stereocenters. The highest BCUT2D eigenvalue weighted by atomic mass is 31.2. The van der Waals surface area contributed by atoms with Crippen LogP contribution in [0.4, 0.5) is 24.9 Å². The second-order valence-electron chi connectivity index (χ2n) is 9.64. The Morgan fingerprint density at radius 3 is 2.57 bits per heavy atom. The van der Waals surface area contributed by atoms with Gasteiger partial charge in [-0.1, -0.05) is 18.2 Å². The average Bonchev–Trinajstić information content (AvgIpc) is 3.45. The number of fused-ring (bicyclic) bond motifs is 1. The maximum Gasteiger partial charge on any atom is 0.459 e. The van der Waals surface area contributed by atoms with Crippen molar-refractivity contribution < 1.29 is 46.2 Å². The van der Waals surface area contributed by atoms with E-state index in [0.29, 0.717) is 0 Å². The third-order valence-electron chi connectivity index (χ3n) is 6.19. The minimum absolute atomic E-state index is 0.0680. The van der Waals surface area contributed by atoms with E-state index < -0.39 is 63.0 Å². The number of aliphatic hydroxyl groups excluding tert-OH is 1. The summed E-state index contributed by atoms with van der Waals surface area (Å²) in [5.41, 5.74) is 1.96. The fourth-order valence-electron chi connectivity index (χ4n) is 4.21. The molecule has 0 saturated carbocycles. The van der Waals surface area contributed by atoms with Crippen LogP contribution in [0.25, 0.3) is 11.2 Å². The molecule has 1 fully saturated rings. The SMILES string of the molecule is CNc1nc(N)nc2c1ncn2[C@@H]1O[C@H](COP(=O)(N[C@H](C)C(=O)OC(C)C)Oc2ccccc2)[C@@H](O)[C@]1(F)C(F)F. The third kappa shape index (κ3) is 6.29. The van der Waals surface area contributed by atoms with E-state index in [0.717, 1.165) is 10.9 Å². The molecule has 0 aliphatic carbocycles. The number of aliphatic hydroxyl groups is 1. The number of nitrogens with zero attached hydrogens (tertiary/aromatic N) is 4. The Balaban J connectivity index is 1.62. The number of nitrogen functional groups attached to an aromatic ring is 1. The average molecular weight is 618 g/mol. The van der Waals surface area contributed by atoms with Crippen molar-refractivity contribution in [2.75, 3.05) is 24.7 Å². The molecular formula is C24H31F3N7O7P. The number of anilines is 2. The van der Waals surface area contributed by atoms with Crippen molar-refractivity contribution in [3.8, 4) is 5.75 Å². The molecule has 0 radical (unpaired) electrons. The molecule has 1 unspecified atom stereocenters. The van der Waals surface area contributed by atoms with Crippen LogP contribution in [0.5, 0.6) is 5.75 Å². The van der Waals surface area contributed by atoms with Gasteiger partial charge < -0.3 is 30.2 Å². The Bertz CT molecular complexity index is 1450. The van der Waals surface area contributed by atoms with Crippen LogP contribution in [0.2, 0.25) is 0 Å². The van der Waals surface area contributed by atoms with Gasteiger partial charge in [0.15, 0.2) is 23.2 Å². The number of nitrogens with one attached hydrogen (secondary N) is 2. The zero-order valence-corrected chi connectivity index (χ0v) is 23.9. The van der Waals surface area contributed by atoms with Gasteiger partial charge in [0.25, 0.3) is 6.43 Å². The summed E-state index contributed by atoms with van der Waals surface area (Å²) in [6.07, 6.45) is -9.67. The highest BCUT2D eigenvalue weighted by molar-refractivity contribution is 7.52. The normalized spacial score (nSPS) is 24.6. The number of aromatic nitrogens is 4. The number of halogens is 3. The monoisotopic (exact) mass is 617 g/mol. The van der Waals surface area contributed by atoms with Gasteiger partial charge in [0.05, 0.1) is 19.0 Å². The van der Waals surface area contributed by atoms with Crippen molar-refractivity contribution in [3.63, 3.8) is 0 Å². The van der Waals surface area contributed by atoms with Gasteiger partial charge in [0.1, 0.15) is 24.0 Å². The molecule has 2 aromatic heterocycles. The zero-order chi connectivity index (χ0) is 30.8. The Kier molecular flexibility index (Phi) is 9.27. The molecule has 230 valence electrons. The van der Waals surface area contributed by atoms with Gasteiger partial charge in [-0.3, -0.25) is 13.9 Å². The van der Waals surface area contributed by atoms with E-state index in [1.165, 1.54) is 26.1 Å². The van der Waals surface area contributed by atoms with Crippen LogP contribution in [0.1, 0.15) is 27.0 Å². The maximum absolute atomic E-state index is 16.0. The van der Waals surface area contributed by atoms with Gasteiger partial charge in [0, 0.05) is 7.05 Å². The number of alkyl halides is 3. The first-order chi connectivity index (χ1) is 19.8. The summed E-state index contributed by atoms with van der Waals surface area (Å²) < 4.78 is 80.7. The summed E-state index contributed by atoms with van der Waals surface area (Å²) in [6, 6.07) is 6.51. The molecule has 5 N–H and O–H groups in total. The number of benzene rings is 1. The smallest absolute Gasteiger partial charge is 0.459 e. The Morgan fingerprint density at radius 2 is 1.95 bits per heavy atom. The first kappa shape index (κ1) is 31.4. The topological polar surface area (TPSA) is 185 Å². The van der Waals surface area contributed by atoms with E-state index in [1.54, 1.807) is 32.0 Å². The number of esters is 1. The third-order valence-corrected chi connectivity index (χ3v) is 7.83. The fourth-order valence-corrected chi connectivity index (χ4v) is 5.71. The van der Waals surface area contributed by atoms with E-state index in [1.807, 2.05) is 0 Å². The first-order valence-corrected chi connectivity index (χ1v) is 14.3. The molecule has 42 heavy (non-hydrogen) atoms. The molecule has 0 amide bonds. The summed E-state index contributed by atoms with van der Waals surface area (Å²) in [6.45, 7) is 3.68. The molecule has 4 rings (SSSR count). The summed E-state index contributed by atoms with van der Waals surface area (Å²) >= 11 is 0. The highest BCUT2D eigenvalue weighted by Crippen LogP contribution is 2.50. The van der Waals surface area contributed by atoms with Crippen LogP contribution < -0.4 is 20.7 Å². The lowest BCUT2D eigenvalue weighted by Gasteiger charge is -2.28. The lowest BCUT2D eigenvalue weighted by molar-refractivity contribution is -0.149. The number of hydrogen-bond acceptors (Lipinski definition) is 12. The van der Waals surface area contributed by atoms with Crippen molar-refractivity contribution in [1.82, 2.24) is 24.6 Å². The summed E-state index contributed by atoms with van der Waals surface area (Å²) in [7, 11) is -2.98. The second kappa shape index (κ2) is 12.4. The number of para-hydroxylation sites is 1. The quantitative estimate of drug-likeness (QED) is 0.172. The molecule has 0 spiro atoms. The number of carbonyl (C=O) groups is 1. The van der Waals surface area contributed by atoms with Crippen LogP contribution in [0, 0.1) is 0 Å². The van der Waals surface area contributed by atoms with Gasteiger partial charge >= 0.3 is 13.7 Å². The van der Waals surface area contributed by atoms with Crippen molar-refractivity contribution >= 4 is 36.6 Å². The molecule has 14 nitrogen and oxygen atoms in total. The van der Waals surface area contributed by atoms with Gasteiger partial charge in [-0.25, -0.2) is 22.7 Å². The number of hydrogen-bond donors (Lipinski definition) is 4. The molecule has 1 aliphatic heterocycles. The molecule has 18 heteroatoms. The second-order valence-corrected chi connectivity index (χ2v) is 11.3. The minimum Gasteiger partial charge on any atom is -0.462 e. The first-order valence-electron chi connectivity index (χ1n) is 12.7. The highest BCUT2D eigenvalue weighted by Gasteiger charge is 2.64. The van der Waals surface area contributed by atoms with Gasteiger partial charge in [-0.2, -0.15) is 15.1 Å². The minimum atomic E-state index is -4.49. The molecule has 1 saturated heterocycles. The molecule has 3 aromatic rings. The molecular weight excluding hydrogens is 586 g/mol. The van der Waals surface area contributed by atoms with Crippen LogP contribution in [0.3, 0.4) is 0 Å². The Hall–Kier alpha value is -3.50. The Morgan fingerprint density at radius 1 is 1.26 bits per heavy atom. The van der Waals surface area contributed by atoms with Crippen LogP contribution >= 0.6 is 7.75 Å². The molecule has 1 aromatic carbocycles. The lowest BCUT2D eigenvalue weighted by Crippen LogP contribution is -2.49. The largest absolute Gasteiger partial charge is 0.462 e. The predicted molar refractivity (Wildman–Crippen MR) is 143 cm³/mol. The number of rotatable bonds is 12. The molecule has 1 aliphatic rings. The number of carbonyl (C=O) groups excluding carboxylic acids is 1. The van der Waals surface area contributed by atoms with Crippen molar-refractivity contribution in [1.29, 1.82) is 0 Å². The summed E-state index contributed by atoms with van der Waals surface area (Å²) in [5.74, 6) is -0.828. The standard InChI is InChI=1S/C24H31F3N7O7P/c1-12(2)39-20(36)13(3)33-42(37,41-14-8-6-5-7-9-14)38-10-15-17(35)24(27,21(25)26)22(40-15)34-11-30-16-18(29-4)31-23(28)32-19(16)34/h5-9,11-13,15,17,21-22,35H,10H2,1-4H3,(H,33,37)(H3,28,29,31,32)/t13-,15-,17-,22-,24+,42?/m1/s1. The fraction of sp³-hybridized carbons (Fsp3) is 0.500. The van der Waals surface area contributed by atoms with Crippen LogP contribution in [0.15, 0.2) is 36.7 Å². The maximum atomic E-state index is 16.0. The molecule has 3 heterocycles. The van der Waals surface area contributed by atoms with E-state index in [2.05, 4.69) is 25.4 Å².